The van der Waals surface area contributed by atoms with Crippen molar-refractivity contribution >= 4 is 47.6 Å². The first kappa shape index (κ1) is 19.3. The fourth-order valence-electron chi connectivity index (χ4n) is 2.49. The van der Waals surface area contributed by atoms with E-state index in [-0.39, 0.29) is 5.91 Å². The Bertz CT molecular complexity index is 700. The van der Waals surface area contributed by atoms with Crippen molar-refractivity contribution in [2.24, 2.45) is 11.8 Å². The minimum atomic E-state index is 0.0845. The molecule has 0 aliphatic rings. The molecule has 24 heavy (non-hydrogen) atoms. The summed E-state index contributed by atoms with van der Waals surface area (Å²) in [6.45, 7) is 10.3. The summed E-state index contributed by atoms with van der Waals surface area (Å²) in [6.07, 6.45) is 3.88. The summed E-state index contributed by atoms with van der Waals surface area (Å²) < 4.78 is 2.72. The highest BCUT2D eigenvalue weighted by molar-refractivity contribution is 14.1. The van der Waals surface area contributed by atoms with Gasteiger partial charge in [0, 0.05) is 24.9 Å². The van der Waals surface area contributed by atoms with Crippen LogP contribution in [-0.4, -0.2) is 41.1 Å². The van der Waals surface area contributed by atoms with E-state index in [1.54, 1.807) is 0 Å². The summed E-state index contributed by atoms with van der Waals surface area (Å²) in [5, 5.41) is 0. The number of pyridine rings is 1. The molecule has 0 saturated carbocycles. The third-order valence-corrected chi connectivity index (χ3v) is 5.14. The Kier molecular flexibility index (Phi) is 6.72. The Labute approximate surface area is 159 Å². The normalized spacial score (nSPS) is 11.6. The summed E-state index contributed by atoms with van der Waals surface area (Å²) in [5.41, 5.74) is 1.95. The first-order chi connectivity index (χ1) is 11.3. The lowest BCUT2D eigenvalue weighted by atomic mass is 10.1. The lowest BCUT2D eigenvalue weighted by Crippen LogP contribution is -2.34. The molecule has 0 spiro atoms. The van der Waals surface area contributed by atoms with Gasteiger partial charge in [0.05, 0.1) is 9.26 Å². The smallest absolute Gasteiger partial charge is 0.255 e. The highest BCUT2D eigenvalue weighted by Gasteiger charge is 2.18. The lowest BCUT2D eigenvalue weighted by molar-refractivity contribution is 0.0740. The van der Waals surface area contributed by atoms with Crippen LogP contribution in [0.4, 0.5) is 0 Å². The van der Waals surface area contributed by atoms with Gasteiger partial charge in [-0.3, -0.25) is 9.20 Å². The SMILES string of the molecule is [B]c1nc2ccc(C(=O)N(CCC(C)C)CCC(C)C)cn2c1I. The molecular formula is C18H25BIN3O. The molecule has 0 fully saturated rings. The van der Waals surface area contributed by atoms with Crippen LogP contribution in [0.1, 0.15) is 50.9 Å². The number of hydrogen-bond acceptors (Lipinski definition) is 2. The van der Waals surface area contributed by atoms with E-state index in [9.17, 15) is 4.79 Å². The Morgan fingerprint density at radius 3 is 2.33 bits per heavy atom. The zero-order chi connectivity index (χ0) is 17.9. The van der Waals surface area contributed by atoms with Crippen LogP contribution in [0.5, 0.6) is 0 Å². The third-order valence-electron chi connectivity index (χ3n) is 4.07. The number of carbonyl (C=O) groups is 1. The van der Waals surface area contributed by atoms with Gasteiger partial charge in [-0.25, -0.2) is 4.98 Å². The molecule has 2 aromatic rings. The van der Waals surface area contributed by atoms with E-state index in [2.05, 4.69) is 55.3 Å². The molecule has 2 rings (SSSR count). The lowest BCUT2D eigenvalue weighted by Gasteiger charge is -2.24. The van der Waals surface area contributed by atoms with Crippen molar-refractivity contribution in [1.82, 2.24) is 14.3 Å². The predicted octanol–water partition coefficient (Wildman–Crippen LogP) is 3.27. The summed E-state index contributed by atoms with van der Waals surface area (Å²) in [7, 11) is 5.87. The van der Waals surface area contributed by atoms with E-state index in [0.29, 0.717) is 23.0 Å². The molecule has 0 bridgehead atoms. The average Bonchev–Trinajstić information content (AvgIpc) is 2.80. The van der Waals surface area contributed by atoms with Crippen molar-refractivity contribution in [3.8, 4) is 0 Å². The number of aromatic nitrogens is 2. The van der Waals surface area contributed by atoms with Crippen LogP contribution in [0.25, 0.3) is 5.65 Å². The van der Waals surface area contributed by atoms with Gasteiger partial charge in [0.2, 0.25) is 0 Å². The van der Waals surface area contributed by atoms with E-state index < -0.39 is 0 Å². The van der Waals surface area contributed by atoms with E-state index in [0.717, 1.165) is 35.3 Å². The predicted molar refractivity (Wildman–Crippen MR) is 108 cm³/mol. The van der Waals surface area contributed by atoms with Crippen molar-refractivity contribution in [2.45, 2.75) is 40.5 Å². The zero-order valence-corrected chi connectivity index (χ0v) is 17.1. The number of nitrogens with zero attached hydrogens (tertiary/aromatic N) is 3. The van der Waals surface area contributed by atoms with Crippen LogP contribution in [-0.2, 0) is 0 Å². The van der Waals surface area contributed by atoms with E-state index in [4.69, 9.17) is 7.85 Å². The average molecular weight is 437 g/mol. The van der Waals surface area contributed by atoms with E-state index in [1.165, 1.54) is 0 Å². The molecule has 2 heterocycles. The number of imidazole rings is 1. The first-order valence-electron chi connectivity index (χ1n) is 8.52. The molecule has 0 aromatic carbocycles. The topological polar surface area (TPSA) is 37.6 Å². The van der Waals surface area contributed by atoms with E-state index in [1.807, 2.05) is 27.6 Å². The second-order valence-corrected chi connectivity index (χ2v) is 8.11. The Morgan fingerprint density at radius 2 is 1.79 bits per heavy atom. The maximum absolute atomic E-state index is 13.0. The molecule has 0 unspecified atom stereocenters. The molecule has 0 atom stereocenters. The Morgan fingerprint density at radius 1 is 1.21 bits per heavy atom. The Hall–Kier alpha value is -1.05. The number of halogens is 1. The Balaban J connectivity index is 2.24. The molecular weight excluding hydrogens is 412 g/mol. The molecule has 6 heteroatoms. The largest absolute Gasteiger partial charge is 0.339 e. The number of carbonyl (C=O) groups excluding carboxylic acids is 1. The van der Waals surface area contributed by atoms with Crippen LogP contribution in [0.3, 0.4) is 0 Å². The fraction of sp³-hybridized carbons (Fsp3) is 0.556. The molecule has 0 N–H and O–H groups in total. The van der Waals surface area contributed by atoms with Crippen molar-refractivity contribution in [3.63, 3.8) is 0 Å². The maximum atomic E-state index is 13.0. The molecule has 0 saturated heterocycles. The van der Waals surface area contributed by atoms with Gasteiger partial charge < -0.3 is 4.90 Å². The second kappa shape index (κ2) is 8.36. The van der Waals surface area contributed by atoms with Crippen LogP contribution < -0.4 is 5.59 Å². The molecule has 0 aliphatic carbocycles. The van der Waals surface area contributed by atoms with Gasteiger partial charge in [-0.2, -0.15) is 0 Å². The highest BCUT2D eigenvalue weighted by atomic mass is 127. The minimum absolute atomic E-state index is 0.0845. The summed E-state index contributed by atoms with van der Waals surface area (Å²) in [4.78, 5) is 19.3. The molecule has 2 radical (unpaired) electrons. The third kappa shape index (κ3) is 4.74. The standard InChI is InChI=1S/C18H25BIN3O/c1-12(2)7-9-22(10-8-13(3)4)18(24)14-5-6-15-21-16(19)17(20)23(15)11-14/h5-6,11-13H,7-10H2,1-4H3. The monoisotopic (exact) mass is 437 g/mol. The second-order valence-electron chi connectivity index (χ2n) is 7.09. The van der Waals surface area contributed by atoms with Gasteiger partial charge in [0.15, 0.2) is 0 Å². The van der Waals surface area contributed by atoms with Crippen LogP contribution in [0.15, 0.2) is 18.3 Å². The van der Waals surface area contributed by atoms with Gasteiger partial charge in [-0.1, -0.05) is 27.7 Å². The van der Waals surface area contributed by atoms with Gasteiger partial charge in [0.25, 0.3) is 5.91 Å². The first-order valence-corrected chi connectivity index (χ1v) is 9.59. The summed E-state index contributed by atoms with van der Waals surface area (Å²) in [5.74, 6) is 1.24. The van der Waals surface area contributed by atoms with Gasteiger partial charge in [-0.05, 0) is 59.4 Å². The zero-order valence-electron chi connectivity index (χ0n) is 14.9. The van der Waals surface area contributed by atoms with Crippen LogP contribution in [0.2, 0.25) is 0 Å². The maximum Gasteiger partial charge on any atom is 0.255 e. The number of hydrogen-bond donors (Lipinski definition) is 0. The minimum Gasteiger partial charge on any atom is -0.339 e. The van der Waals surface area contributed by atoms with Crippen molar-refractivity contribution < 1.29 is 4.79 Å². The number of rotatable bonds is 7. The van der Waals surface area contributed by atoms with Crippen molar-refractivity contribution in [2.75, 3.05) is 13.1 Å². The summed E-state index contributed by atoms with van der Waals surface area (Å²) in [6, 6.07) is 3.70. The van der Waals surface area contributed by atoms with Crippen molar-refractivity contribution in [1.29, 1.82) is 0 Å². The summed E-state index contributed by atoms with van der Waals surface area (Å²) >= 11 is 2.16. The number of amides is 1. The number of fused-ring (bicyclic) bond motifs is 1. The molecule has 0 aliphatic heterocycles. The molecule has 1 amide bonds. The van der Waals surface area contributed by atoms with Gasteiger partial charge >= 0.3 is 0 Å². The van der Waals surface area contributed by atoms with Gasteiger partial charge in [-0.15, -0.1) is 0 Å². The fourth-order valence-corrected chi connectivity index (χ4v) is 2.99. The van der Waals surface area contributed by atoms with Crippen LogP contribution >= 0.6 is 22.6 Å². The molecule has 2 aromatic heterocycles. The highest BCUT2D eigenvalue weighted by Crippen LogP contribution is 2.14. The molecule has 4 nitrogen and oxygen atoms in total. The van der Waals surface area contributed by atoms with E-state index >= 15 is 0 Å². The quantitative estimate of drug-likeness (QED) is 0.493. The van der Waals surface area contributed by atoms with Gasteiger partial charge in [0.1, 0.15) is 13.5 Å². The molecule has 128 valence electrons. The van der Waals surface area contributed by atoms with Crippen molar-refractivity contribution in [3.05, 3.63) is 27.6 Å². The van der Waals surface area contributed by atoms with Crippen LogP contribution in [0, 0.1) is 15.5 Å².